The van der Waals surface area contributed by atoms with E-state index in [0.29, 0.717) is 18.0 Å². The molecule has 9 nitrogen and oxygen atoms in total. The molecule has 0 bridgehead atoms. The summed E-state index contributed by atoms with van der Waals surface area (Å²) in [6.45, 7) is 1.33. The zero-order chi connectivity index (χ0) is 21.6. The number of ether oxygens (including phenoxy) is 1. The summed E-state index contributed by atoms with van der Waals surface area (Å²) >= 11 is 4.93. The molecule has 166 valence electrons. The van der Waals surface area contributed by atoms with Gasteiger partial charge in [0.15, 0.2) is 23.2 Å². The molecule has 0 amide bonds. The molecule has 5 rings (SSSR count). The second-order valence-corrected chi connectivity index (χ2v) is 9.12. The number of likely N-dealkylation sites (tertiary alicyclic amines) is 1. The summed E-state index contributed by atoms with van der Waals surface area (Å²) in [7, 11) is 0. The summed E-state index contributed by atoms with van der Waals surface area (Å²) in [6.07, 6.45) is -0.474. The van der Waals surface area contributed by atoms with Crippen LogP contribution in [0.1, 0.15) is 18.4 Å². The Morgan fingerprint density at radius 1 is 1.13 bits per heavy atom. The Hall–Kier alpha value is -1.82. The highest BCUT2D eigenvalue weighted by Gasteiger charge is 2.54. The molecule has 1 aromatic carbocycles. The molecule has 0 aromatic heterocycles. The average molecular weight is 446 g/mol. The van der Waals surface area contributed by atoms with Crippen molar-refractivity contribution in [3.8, 4) is 0 Å². The van der Waals surface area contributed by atoms with Gasteiger partial charge in [-0.3, -0.25) is 9.80 Å². The van der Waals surface area contributed by atoms with Gasteiger partial charge in [0.2, 0.25) is 0 Å². The molecule has 4 heterocycles. The lowest BCUT2D eigenvalue weighted by atomic mass is 10.00. The Morgan fingerprint density at radius 3 is 2.55 bits per heavy atom. The second kappa shape index (κ2) is 8.27. The van der Waals surface area contributed by atoms with Gasteiger partial charge in [-0.1, -0.05) is 30.3 Å². The van der Waals surface area contributed by atoms with Gasteiger partial charge in [0.1, 0.15) is 30.4 Å². The van der Waals surface area contributed by atoms with E-state index in [4.69, 9.17) is 22.4 Å². The number of aliphatic hydroxyl groups excluding tert-OH is 3. The van der Waals surface area contributed by atoms with Crippen molar-refractivity contribution >= 4 is 30.5 Å². The van der Waals surface area contributed by atoms with Crippen LogP contribution in [0.3, 0.4) is 0 Å². The van der Waals surface area contributed by atoms with Crippen molar-refractivity contribution in [2.24, 2.45) is 15.0 Å². The first kappa shape index (κ1) is 21.0. The number of thiol groups is 1. The van der Waals surface area contributed by atoms with Crippen molar-refractivity contribution in [2.45, 2.75) is 55.0 Å². The van der Waals surface area contributed by atoms with E-state index < -0.39 is 35.7 Å². The van der Waals surface area contributed by atoms with E-state index >= 15 is 0 Å². The number of aliphatic hydroxyl groups is 3. The summed E-state index contributed by atoms with van der Waals surface area (Å²) in [4.78, 5) is 17.2. The molecule has 4 aliphatic rings. The summed E-state index contributed by atoms with van der Waals surface area (Å²) in [5, 5.41) is 30.6. The smallest absolute Gasteiger partial charge is 0.182 e. The van der Waals surface area contributed by atoms with Gasteiger partial charge < -0.3 is 20.1 Å². The number of amidine groups is 1. The van der Waals surface area contributed by atoms with Crippen molar-refractivity contribution < 1.29 is 20.1 Å². The molecule has 2 saturated heterocycles. The highest BCUT2D eigenvalue weighted by molar-refractivity contribution is 7.83. The predicted molar refractivity (Wildman–Crippen MR) is 119 cm³/mol. The summed E-state index contributed by atoms with van der Waals surface area (Å²) in [5.41, 5.74) is 1.69. The van der Waals surface area contributed by atoms with E-state index in [1.807, 2.05) is 35.2 Å². The number of nitrogens with zero attached hydrogens (tertiary/aromatic N) is 5. The zero-order valence-corrected chi connectivity index (χ0v) is 17.9. The van der Waals surface area contributed by atoms with Gasteiger partial charge in [-0.25, -0.2) is 15.0 Å². The van der Waals surface area contributed by atoms with Gasteiger partial charge in [-0.2, -0.15) is 0 Å². The first-order valence-corrected chi connectivity index (χ1v) is 11.1. The predicted octanol–water partition coefficient (Wildman–Crippen LogP) is -0.129. The maximum atomic E-state index is 10.7. The Labute approximate surface area is 186 Å². The number of benzene rings is 1. The van der Waals surface area contributed by atoms with E-state index in [0.717, 1.165) is 31.5 Å². The number of aliphatic imine (C=N–C) groups is 3. The molecule has 3 N–H and O–H groups in total. The maximum Gasteiger partial charge on any atom is 0.182 e. The summed E-state index contributed by atoms with van der Waals surface area (Å²) in [6, 6.07) is 9.96. The van der Waals surface area contributed by atoms with Gasteiger partial charge in [0, 0.05) is 19.5 Å². The van der Waals surface area contributed by atoms with Gasteiger partial charge in [-0.15, -0.1) is 12.6 Å². The fraction of sp³-hybridized carbons (Fsp3) is 0.571. The molecule has 2 unspecified atom stereocenters. The highest BCUT2D eigenvalue weighted by atomic mass is 32.1. The fourth-order valence-electron chi connectivity index (χ4n) is 4.72. The molecule has 0 radical (unpaired) electrons. The normalized spacial score (nSPS) is 37.8. The van der Waals surface area contributed by atoms with Gasteiger partial charge >= 0.3 is 0 Å². The lowest BCUT2D eigenvalue weighted by Crippen LogP contribution is -2.56. The van der Waals surface area contributed by atoms with Gasteiger partial charge in [0.05, 0.1) is 6.61 Å². The van der Waals surface area contributed by atoms with Crippen molar-refractivity contribution in [3.63, 3.8) is 0 Å². The van der Waals surface area contributed by atoms with E-state index in [2.05, 4.69) is 14.9 Å². The van der Waals surface area contributed by atoms with Crippen LogP contribution in [0.2, 0.25) is 0 Å². The minimum atomic E-state index is -1.21. The fourth-order valence-corrected chi connectivity index (χ4v) is 5.11. The van der Waals surface area contributed by atoms with Crippen LogP contribution in [0, 0.1) is 0 Å². The molecular weight excluding hydrogens is 418 g/mol. The molecule has 6 atom stereocenters. The topological polar surface area (TPSA) is 113 Å². The van der Waals surface area contributed by atoms with Crippen LogP contribution in [-0.2, 0) is 11.2 Å². The molecule has 1 aromatic rings. The number of fused-ring (bicyclic) bond motifs is 1. The molecule has 0 spiro atoms. The SMILES string of the molecule is OC[C@H]1O[C@@H](N2C3=NC=NC(S)(Cc4ccccc4)C3=NC2N2CCCC2)[C@H](O)[C@@H]1O. The minimum Gasteiger partial charge on any atom is -0.394 e. The number of hydrogen-bond donors (Lipinski definition) is 4. The van der Waals surface area contributed by atoms with Crippen LogP contribution in [0.15, 0.2) is 45.3 Å². The Kier molecular flexibility index (Phi) is 5.61. The molecular formula is C21H27N5O4S. The summed E-state index contributed by atoms with van der Waals surface area (Å²) in [5.74, 6) is 0.535. The maximum absolute atomic E-state index is 10.7. The van der Waals surface area contributed by atoms with Crippen molar-refractivity contribution in [1.29, 1.82) is 0 Å². The van der Waals surface area contributed by atoms with Crippen LogP contribution >= 0.6 is 12.6 Å². The molecule has 2 fully saturated rings. The van der Waals surface area contributed by atoms with Crippen LogP contribution in [0.25, 0.3) is 0 Å². The molecule has 31 heavy (non-hydrogen) atoms. The van der Waals surface area contributed by atoms with Gasteiger partial charge in [-0.05, 0) is 18.4 Å². The largest absolute Gasteiger partial charge is 0.394 e. The van der Waals surface area contributed by atoms with E-state index in [1.165, 1.54) is 6.34 Å². The zero-order valence-electron chi connectivity index (χ0n) is 17.0. The third kappa shape index (κ3) is 3.61. The van der Waals surface area contributed by atoms with Crippen molar-refractivity contribution in [3.05, 3.63) is 35.9 Å². The van der Waals surface area contributed by atoms with Crippen LogP contribution in [-0.4, -0.2) is 98.4 Å². The molecule has 10 heteroatoms. The lowest BCUT2D eigenvalue weighted by molar-refractivity contribution is -0.0983. The molecule has 0 aliphatic carbocycles. The molecule has 4 aliphatic heterocycles. The van der Waals surface area contributed by atoms with E-state index in [9.17, 15) is 15.3 Å². The first-order valence-electron chi connectivity index (χ1n) is 10.6. The van der Waals surface area contributed by atoms with E-state index in [1.54, 1.807) is 0 Å². The molecule has 0 saturated carbocycles. The number of hydrogen-bond acceptors (Lipinski definition) is 10. The van der Waals surface area contributed by atoms with Crippen LogP contribution in [0.5, 0.6) is 0 Å². The Balaban J connectivity index is 1.51. The quantitative estimate of drug-likeness (QED) is 0.470. The first-order chi connectivity index (χ1) is 15.0. The highest BCUT2D eigenvalue weighted by Crippen LogP contribution is 2.37. The minimum absolute atomic E-state index is 0.386. The third-order valence-corrected chi connectivity index (χ3v) is 6.82. The average Bonchev–Trinajstić information content (AvgIpc) is 3.48. The lowest BCUT2D eigenvalue weighted by Gasteiger charge is -2.37. The Bertz CT molecular complexity index is 906. The summed E-state index contributed by atoms with van der Waals surface area (Å²) < 4.78 is 5.87. The van der Waals surface area contributed by atoms with Gasteiger partial charge in [0.25, 0.3) is 0 Å². The number of rotatable bonds is 5. The monoisotopic (exact) mass is 445 g/mol. The third-order valence-electron chi connectivity index (χ3n) is 6.33. The van der Waals surface area contributed by atoms with Crippen LogP contribution in [0.4, 0.5) is 0 Å². The second-order valence-electron chi connectivity index (χ2n) is 8.38. The van der Waals surface area contributed by atoms with E-state index in [-0.39, 0.29) is 6.61 Å². The van der Waals surface area contributed by atoms with Crippen LogP contribution < -0.4 is 0 Å². The van der Waals surface area contributed by atoms with Crippen molar-refractivity contribution in [1.82, 2.24) is 9.80 Å². The standard InChI is InChI=1S/C21H27N5O4S/c27-11-14-15(28)16(29)19(30-14)26-18-17(24-20(26)25-8-4-5-9-25)21(31,23-12-22-18)10-13-6-2-1-3-7-13/h1-3,6-7,12,14-16,19-20,27-29,31H,4-5,8-11H2/t14-,15-,16-,19-,20?,21?/m1/s1. The Morgan fingerprint density at radius 2 is 1.87 bits per heavy atom. The van der Waals surface area contributed by atoms with Crippen molar-refractivity contribution in [2.75, 3.05) is 19.7 Å².